The predicted molar refractivity (Wildman–Crippen MR) is 233 cm³/mol. The summed E-state index contributed by atoms with van der Waals surface area (Å²) in [6.45, 7) is 0. The molecule has 1 aliphatic rings. The van der Waals surface area contributed by atoms with Crippen LogP contribution in [0.4, 0.5) is 0 Å². The summed E-state index contributed by atoms with van der Waals surface area (Å²) in [6.07, 6.45) is 0. The Kier molecular flexibility index (Phi) is 6.62. The molecule has 0 fully saturated rings. The van der Waals surface area contributed by atoms with E-state index in [1.165, 1.54) is 0 Å². The molecule has 10 aromatic rings. The molecule has 0 aliphatic carbocycles. The van der Waals surface area contributed by atoms with Crippen molar-refractivity contribution in [1.29, 1.82) is 0 Å². The molecule has 11 rings (SSSR count). The number of aromatic nitrogens is 3. The lowest BCUT2D eigenvalue weighted by molar-refractivity contribution is 0.487. The van der Waals surface area contributed by atoms with E-state index in [0.29, 0.717) is 34.5 Å². The first kappa shape index (κ1) is 27.8. The van der Waals surface area contributed by atoms with Gasteiger partial charge in [-0.05, 0) is 79.4 Å². The summed E-state index contributed by atoms with van der Waals surface area (Å²) in [6, 6.07) is 55.1. The highest BCUT2D eigenvalue weighted by Crippen LogP contribution is 2.50. The molecule has 0 amide bonds. The second kappa shape index (κ2) is 13.6. The quantitative estimate of drug-likeness (QED) is 0.171. The summed E-state index contributed by atoms with van der Waals surface area (Å²) in [5.41, 5.74) is 9.45. The van der Waals surface area contributed by atoms with Gasteiger partial charge in [-0.3, -0.25) is 0 Å². The van der Waals surface area contributed by atoms with Crippen LogP contribution in [0.25, 0.3) is 100 Å². The topological polar surface area (TPSA) is 47.9 Å². The molecule has 0 unspecified atom stereocenters. The highest BCUT2D eigenvalue weighted by molar-refractivity contribution is 6.11. The van der Waals surface area contributed by atoms with Gasteiger partial charge < -0.3 is 4.74 Å². The van der Waals surface area contributed by atoms with Crippen LogP contribution in [0, 0.1) is 0 Å². The zero-order valence-electron chi connectivity index (χ0n) is 35.4. The zero-order chi connectivity index (χ0) is 42.1. The van der Waals surface area contributed by atoms with Crippen molar-refractivity contribution in [3.8, 4) is 90.2 Å². The standard InChI is InChI=1S/C53H33N3O/c1-4-13-34(14-5-1)35-23-25-38(26-24-35)52-54-51(37-17-8-3-9-18-37)55-53(56-52)46-29-28-41(42-19-10-11-20-43(42)46)39-27-31-48-47(33-39)45-22-12-21-44-40(36-15-6-2-7-16-36)30-32-49(57-48)50(44)45/h1-33H/i2D,6D,7D,15D,16D. The molecule has 9 aromatic carbocycles. The normalized spacial score (nSPS) is 12.9. The van der Waals surface area contributed by atoms with Crippen LogP contribution < -0.4 is 4.74 Å². The number of hydrogen-bond donors (Lipinski definition) is 0. The summed E-state index contributed by atoms with van der Waals surface area (Å²) >= 11 is 0. The molecular formula is C53H33N3O. The lowest BCUT2D eigenvalue weighted by Gasteiger charge is -2.23. The van der Waals surface area contributed by atoms with Gasteiger partial charge >= 0.3 is 0 Å². The van der Waals surface area contributed by atoms with Gasteiger partial charge in [0.1, 0.15) is 11.5 Å². The smallest absolute Gasteiger partial charge is 0.164 e. The number of hydrogen-bond acceptors (Lipinski definition) is 4. The van der Waals surface area contributed by atoms with Gasteiger partial charge in [0.05, 0.1) is 6.85 Å². The maximum atomic E-state index is 8.71. The fourth-order valence-corrected chi connectivity index (χ4v) is 7.93. The predicted octanol–water partition coefficient (Wildman–Crippen LogP) is 14.0. The van der Waals surface area contributed by atoms with Gasteiger partial charge in [0.15, 0.2) is 17.5 Å². The summed E-state index contributed by atoms with van der Waals surface area (Å²) in [5.74, 6) is 3.08. The van der Waals surface area contributed by atoms with E-state index in [0.717, 1.165) is 71.6 Å². The highest BCUT2D eigenvalue weighted by atomic mass is 16.5. The van der Waals surface area contributed by atoms with Gasteiger partial charge in [-0.1, -0.05) is 176 Å². The van der Waals surface area contributed by atoms with Crippen molar-refractivity contribution >= 4 is 21.5 Å². The first-order valence-electron chi connectivity index (χ1n) is 21.3. The van der Waals surface area contributed by atoms with Crippen LogP contribution in [0.5, 0.6) is 11.5 Å². The monoisotopic (exact) mass is 732 g/mol. The minimum atomic E-state index is -0.420. The average molecular weight is 733 g/mol. The fraction of sp³-hybridized carbons (Fsp3) is 0. The molecule has 0 spiro atoms. The summed E-state index contributed by atoms with van der Waals surface area (Å²) in [5, 5.41) is 3.57. The molecule has 0 atom stereocenters. The third-order valence-electron chi connectivity index (χ3n) is 10.7. The Hall–Kier alpha value is -7.69. The van der Waals surface area contributed by atoms with Crippen LogP contribution in [0.1, 0.15) is 6.85 Å². The van der Waals surface area contributed by atoms with Crippen molar-refractivity contribution in [1.82, 2.24) is 15.0 Å². The van der Waals surface area contributed by atoms with E-state index in [-0.39, 0.29) is 29.7 Å². The molecule has 266 valence electrons. The molecule has 1 aromatic heterocycles. The third-order valence-corrected chi connectivity index (χ3v) is 10.7. The SMILES string of the molecule is [2H]c1c([2H])c([2H])c(-c2ccc3c4c(cccc24)-c2cc(-c4ccc(-c5nc(-c6ccccc6)nc(-c6ccc(-c7ccccc7)cc6)n5)c5ccccc45)ccc2O3)c([2H])c1[2H]. The van der Waals surface area contributed by atoms with Gasteiger partial charge in [-0.15, -0.1) is 0 Å². The molecule has 0 radical (unpaired) electrons. The van der Waals surface area contributed by atoms with Gasteiger partial charge in [0.25, 0.3) is 0 Å². The second-order valence-electron chi connectivity index (χ2n) is 14.0. The van der Waals surface area contributed by atoms with Gasteiger partial charge in [0.2, 0.25) is 0 Å². The summed E-state index contributed by atoms with van der Waals surface area (Å²) < 4.78 is 48.7. The number of fused-ring (bicyclic) bond motifs is 3. The van der Waals surface area contributed by atoms with Crippen molar-refractivity contribution in [2.45, 2.75) is 0 Å². The Balaban J connectivity index is 1.03. The molecule has 0 bridgehead atoms. The third kappa shape index (κ3) is 5.74. The van der Waals surface area contributed by atoms with Gasteiger partial charge in [-0.25, -0.2) is 15.0 Å². The molecule has 2 heterocycles. The van der Waals surface area contributed by atoms with Crippen molar-refractivity contribution < 1.29 is 11.6 Å². The van der Waals surface area contributed by atoms with Crippen LogP contribution in [-0.4, -0.2) is 15.0 Å². The summed E-state index contributed by atoms with van der Waals surface area (Å²) in [7, 11) is 0. The Morgan fingerprint density at radius 3 is 1.61 bits per heavy atom. The van der Waals surface area contributed by atoms with Crippen molar-refractivity contribution in [3.05, 3.63) is 200 Å². The van der Waals surface area contributed by atoms with E-state index in [9.17, 15) is 0 Å². The fourth-order valence-electron chi connectivity index (χ4n) is 7.93. The largest absolute Gasteiger partial charge is 0.456 e. The van der Waals surface area contributed by atoms with E-state index in [4.69, 9.17) is 26.5 Å². The molecule has 1 aliphatic heterocycles. The Morgan fingerprint density at radius 1 is 0.333 bits per heavy atom. The van der Waals surface area contributed by atoms with Crippen molar-refractivity contribution in [2.75, 3.05) is 0 Å². The maximum Gasteiger partial charge on any atom is 0.164 e. The minimum Gasteiger partial charge on any atom is -0.456 e. The first-order chi connectivity index (χ1) is 30.3. The number of benzene rings is 9. The second-order valence-corrected chi connectivity index (χ2v) is 14.0. The molecule has 0 N–H and O–H groups in total. The van der Waals surface area contributed by atoms with Crippen LogP contribution >= 0.6 is 0 Å². The van der Waals surface area contributed by atoms with Crippen LogP contribution in [0.3, 0.4) is 0 Å². The number of ether oxygens (including phenoxy) is 1. The molecule has 4 nitrogen and oxygen atoms in total. The molecular weight excluding hydrogens is 695 g/mol. The lowest BCUT2D eigenvalue weighted by atomic mass is 9.88. The summed E-state index contributed by atoms with van der Waals surface area (Å²) in [4.78, 5) is 15.2. The molecule has 4 heteroatoms. The average Bonchev–Trinajstić information content (AvgIpc) is 3.33. The number of nitrogens with zero attached hydrogens (tertiary/aromatic N) is 3. The van der Waals surface area contributed by atoms with Gasteiger partial charge in [-0.2, -0.15) is 0 Å². The van der Waals surface area contributed by atoms with Crippen LogP contribution in [0.2, 0.25) is 0 Å². The first-order valence-corrected chi connectivity index (χ1v) is 18.8. The van der Waals surface area contributed by atoms with E-state index >= 15 is 0 Å². The lowest BCUT2D eigenvalue weighted by Crippen LogP contribution is -2.01. The number of rotatable bonds is 6. The maximum absolute atomic E-state index is 8.71. The van der Waals surface area contributed by atoms with E-state index < -0.39 is 6.04 Å². The Bertz CT molecular complexity index is 3400. The Morgan fingerprint density at radius 2 is 0.860 bits per heavy atom. The van der Waals surface area contributed by atoms with Crippen LogP contribution in [0.15, 0.2) is 200 Å². The van der Waals surface area contributed by atoms with Gasteiger partial charge in [0, 0.05) is 27.6 Å². The van der Waals surface area contributed by atoms with E-state index in [1.54, 1.807) is 6.07 Å². The van der Waals surface area contributed by atoms with Crippen LogP contribution in [-0.2, 0) is 0 Å². The van der Waals surface area contributed by atoms with Crippen molar-refractivity contribution in [2.24, 2.45) is 0 Å². The molecule has 0 saturated heterocycles. The Labute approximate surface area is 337 Å². The zero-order valence-corrected chi connectivity index (χ0v) is 30.4. The highest BCUT2D eigenvalue weighted by Gasteiger charge is 2.23. The van der Waals surface area contributed by atoms with Crippen molar-refractivity contribution in [3.63, 3.8) is 0 Å². The molecule has 0 saturated carbocycles. The van der Waals surface area contributed by atoms with E-state index in [2.05, 4.69) is 72.8 Å². The van der Waals surface area contributed by atoms with E-state index in [1.807, 2.05) is 91.0 Å². The minimum absolute atomic E-state index is 0.160. The molecule has 57 heavy (non-hydrogen) atoms.